The second-order valence-electron chi connectivity index (χ2n) is 7.81. The number of nitrogens with one attached hydrogen (secondary N) is 1. The molecule has 18 heavy (non-hydrogen) atoms. The Bertz CT molecular complexity index is 252. The van der Waals surface area contributed by atoms with Crippen molar-refractivity contribution in [3.05, 3.63) is 0 Å². The summed E-state index contributed by atoms with van der Waals surface area (Å²) in [6.07, 6.45) is 2.55. The fourth-order valence-electron chi connectivity index (χ4n) is 2.57. The lowest BCUT2D eigenvalue weighted by Crippen LogP contribution is -2.47. The van der Waals surface area contributed by atoms with Crippen LogP contribution in [0.25, 0.3) is 0 Å². The van der Waals surface area contributed by atoms with Crippen molar-refractivity contribution in [2.75, 3.05) is 19.6 Å². The lowest BCUT2D eigenvalue weighted by atomic mass is 9.80. The Kier molecular flexibility index (Phi) is 5.25. The maximum Gasteiger partial charge on any atom is 0.0192 e. The highest BCUT2D eigenvalue weighted by Crippen LogP contribution is 2.34. The molecule has 0 amide bonds. The van der Waals surface area contributed by atoms with Gasteiger partial charge in [0, 0.05) is 24.7 Å². The SMILES string of the molecule is CCC(C)(C)NCC(C)N1CCC(C(C)(C)C)C1. The minimum absolute atomic E-state index is 0.275. The van der Waals surface area contributed by atoms with Gasteiger partial charge < -0.3 is 5.32 Å². The fourth-order valence-corrected chi connectivity index (χ4v) is 2.57. The summed E-state index contributed by atoms with van der Waals surface area (Å²) in [5.74, 6) is 0.860. The fraction of sp³-hybridized carbons (Fsp3) is 1.00. The summed E-state index contributed by atoms with van der Waals surface area (Å²) in [7, 11) is 0. The summed E-state index contributed by atoms with van der Waals surface area (Å²) in [5, 5.41) is 3.70. The van der Waals surface area contributed by atoms with Gasteiger partial charge in [0.05, 0.1) is 0 Å². The smallest absolute Gasteiger partial charge is 0.0192 e. The highest BCUT2D eigenvalue weighted by atomic mass is 15.2. The van der Waals surface area contributed by atoms with E-state index in [0.29, 0.717) is 11.5 Å². The van der Waals surface area contributed by atoms with E-state index in [-0.39, 0.29) is 5.54 Å². The van der Waals surface area contributed by atoms with E-state index in [4.69, 9.17) is 0 Å². The van der Waals surface area contributed by atoms with Crippen LogP contribution >= 0.6 is 0 Å². The van der Waals surface area contributed by atoms with Crippen molar-refractivity contribution in [2.45, 2.75) is 72.9 Å². The predicted octanol–water partition coefficient (Wildman–Crippen LogP) is 3.52. The van der Waals surface area contributed by atoms with Crippen molar-refractivity contribution >= 4 is 0 Å². The third-order valence-electron chi connectivity index (χ3n) is 4.83. The van der Waals surface area contributed by atoms with E-state index in [9.17, 15) is 0 Å². The first-order valence-electron chi connectivity index (χ1n) is 7.65. The quantitative estimate of drug-likeness (QED) is 0.807. The standard InChI is InChI=1S/C16H34N2/c1-8-16(6,7)17-11-13(2)18-10-9-14(12-18)15(3,4)5/h13-14,17H,8-12H2,1-7H3. The number of likely N-dealkylation sites (tertiary alicyclic amines) is 1. The topological polar surface area (TPSA) is 15.3 Å². The Balaban J connectivity index is 2.39. The number of rotatable bonds is 5. The molecule has 2 unspecified atom stereocenters. The predicted molar refractivity (Wildman–Crippen MR) is 81.0 cm³/mol. The molecule has 0 aromatic heterocycles. The molecule has 0 spiro atoms. The van der Waals surface area contributed by atoms with E-state index in [2.05, 4.69) is 58.7 Å². The third-order valence-corrected chi connectivity index (χ3v) is 4.83. The Morgan fingerprint density at radius 1 is 1.22 bits per heavy atom. The van der Waals surface area contributed by atoms with E-state index in [0.717, 1.165) is 12.5 Å². The van der Waals surface area contributed by atoms with E-state index < -0.39 is 0 Å². The molecule has 2 atom stereocenters. The second-order valence-corrected chi connectivity index (χ2v) is 7.81. The largest absolute Gasteiger partial charge is 0.310 e. The average molecular weight is 254 g/mol. The van der Waals surface area contributed by atoms with Gasteiger partial charge in [-0.15, -0.1) is 0 Å². The molecule has 1 N–H and O–H groups in total. The van der Waals surface area contributed by atoms with Crippen LogP contribution < -0.4 is 5.32 Å². The molecule has 1 saturated heterocycles. The van der Waals surface area contributed by atoms with Gasteiger partial charge in [0.2, 0.25) is 0 Å². The summed E-state index contributed by atoms with van der Waals surface area (Å²) < 4.78 is 0. The lowest BCUT2D eigenvalue weighted by Gasteiger charge is -2.32. The van der Waals surface area contributed by atoms with Crippen molar-refractivity contribution in [1.29, 1.82) is 0 Å². The van der Waals surface area contributed by atoms with Crippen LogP contribution in [0.1, 0.15) is 61.3 Å². The molecule has 0 radical (unpaired) electrons. The number of nitrogens with zero attached hydrogens (tertiary/aromatic N) is 1. The van der Waals surface area contributed by atoms with Crippen LogP contribution in [0, 0.1) is 11.3 Å². The molecular formula is C16H34N2. The summed E-state index contributed by atoms with van der Waals surface area (Å²) >= 11 is 0. The van der Waals surface area contributed by atoms with Gasteiger partial charge in [-0.2, -0.15) is 0 Å². The Labute approximate surface area is 115 Å². The Morgan fingerprint density at radius 2 is 1.83 bits per heavy atom. The molecule has 1 aliphatic rings. The van der Waals surface area contributed by atoms with Gasteiger partial charge in [0.1, 0.15) is 0 Å². The van der Waals surface area contributed by atoms with E-state index in [1.165, 1.54) is 25.9 Å². The van der Waals surface area contributed by atoms with E-state index in [1.54, 1.807) is 0 Å². The third kappa shape index (κ3) is 4.55. The first-order valence-corrected chi connectivity index (χ1v) is 7.65. The van der Waals surface area contributed by atoms with Crippen molar-refractivity contribution in [1.82, 2.24) is 10.2 Å². The molecule has 0 aromatic rings. The molecule has 108 valence electrons. The minimum atomic E-state index is 0.275. The molecule has 1 heterocycles. The summed E-state index contributed by atoms with van der Waals surface area (Å²) in [4.78, 5) is 2.66. The zero-order valence-electron chi connectivity index (χ0n) is 13.6. The second kappa shape index (κ2) is 5.92. The van der Waals surface area contributed by atoms with Crippen LogP contribution in [0.2, 0.25) is 0 Å². The van der Waals surface area contributed by atoms with Crippen LogP contribution in [0.3, 0.4) is 0 Å². The Hall–Kier alpha value is -0.0800. The molecular weight excluding hydrogens is 220 g/mol. The van der Waals surface area contributed by atoms with E-state index in [1.807, 2.05) is 0 Å². The van der Waals surface area contributed by atoms with Gasteiger partial charge in [0.15, 0.2) is 0 Å². The van der Waals surface area contributed by atoms with Crippen LogP contribution in [-0.4, -0.2) is 36.1 Å². The average Bonchev–Trinajstić information content (AvgIpc) is 2.75. The summed E-state index contributed by atoms with van der Waals surface area (Å²) in [6, 6.07) is 0.656. The molecule has 0 bridgehead atoms. The van der Waals surface area contributed by atoms with Crippen LogP contribution in [0.15, 0.2) is 0 Å². The van der Waals surface area contributed by atoms with Crippen molar-refractivity contribution in [3.8, 4) is 0 Å². The molecule has 1 rings (SSSR count). The molecule has 0 saturated carbocycles. The molecule has 1 fully saturated rings. The van der Waals surface area contributed by atoms with E-state index >= 15 is 0 Å². The molecule has 2 nitrogen and oxygen atoms in total. The first kappa shape index (κ1) is 16.0. The summed E-state index contributed by atoms with van der Waals surface area (Å²) in [5.41, 5.74) is 0.738. The lowest BCUT2D eigenvalue weighted by molar-refractivity contribution is 0.191. The molecule has 1 aliphatic heterocycles. The van der Waals surface area contributed by atoms with Crippen molar-refractivity contribution < 1.29 is 0 Å². The van der Waals surface area contributed by atoms with Gasteiger partial charge in [-0.3, -0.25) is 4.90 Å². The number of hydrogen-bond acceptors (Lipinski definition) is 2. The van der Waals surface area contributed by atoms with Crippen molar-refractivity contribution in [3.63, 3.8) is 0 Å². The van der Waals surface area contributed by atoms with Gasteiger partial charge in [-0.25, -0.2) is 0 Å². The highest BCUT2D eigenvalue weighted by molar-refractivity contribution is 4.87. The van der Waals surface area contributed by atoms with Crippen molar-refractivity contribution in [2.24, 2.45) is 11.3 Å². The number of hydrogen-bond donors (Lipinski definition) is 1. The Morgan fingerprint density at radius 3 is 2.28 bits per heavy atom. The molecule has 0 aromatic carbocycles. The minimum Gasteiger partial charge on any atom is -0.310 e. The normalized spacial score (nSPS) is 24.5. The van der Waals surface area contributed by atoms with Gasteiger partial charge >= 0.3 is 0 Å². The zero-order chi connectivity index (χ0) is 14.0. The van der Waals surface area contributed by atoms with Gasteiger partial charge in [-0.05, 0) is 51.5 Å². The molecule has 0 aliphatic carbocycles. The summed E-state index contributed by atoms with van der Waals surface area (Å²) in [6.45, 7) is 20.0. The van der Waals surface area contributed by atoms with Gasteiger partial charge in [-0.1, -0.05) is 27.7 Å². The van der Waals surface area contributed by atoms with Crippen LogP contribution in [-0.2, 0) is 0 Å². The molecule has 2 heteroatoms. The van der Waals surface area contributed by atoms with Crippen LogP contribution in [0.5, 0.6) is 0 Å². The monoisotopic (exact) mass is 254 g/mol. The maximum absolute atomic E-state index is 3.70. The highest BCUT2D eigenvalue weighted by Gasteiger charge is 2.33. The zero-order valence-corrected chi connectivity index (χ0v) is 13.6. The first-order chi connectivity index (χ1) is 8.15. The van der Waals surface area contributed by atoms with Crippen LogP contribution in [0.4, 0.5) is 0 Å². The van der Waals surface area contributed by atoms with Gasteiger partial charge in [0.25, 0.3) is 0 Å². The maximum atomic E-state index is 3.70.